The van der Waals surface area contributed by atoms with E-state index in [1.165, 1.54) is 77.0 Å². The van der Waals surface area contributed by atoms with Crippen LogP contribution in [0.3, 0.4) is 0 Å². The molecule has 188 valence electrons. The number of unbranched alkanes of at least 4 members (excludes halogenated alkanes) is 14. The highest BCUT2D eigenvalue weighted by atomic mass is 16.2. The molecule has 0 aliphatic heterocycles. The van der Waals surface area contributed by atoms with Gasteiger partial charge < -0.3 is 5.73 Å². The molecule has 0 aromatic heterocycles. The smallest absolute Gasteiger partial charge is 0.229 e. The summed E-state index contributed by atoms with van der Waals surface area (Å²) in [6.45, 7) is 4.49. The average Bonchev–Trinajstić information content (AvgIpc) is 2.79. The number of hydrogen-bond acceptors (Lipinski definition) is 3. The summed E-state index contributed by atoms with van der Waals surface area (Å²) < 4.78 is 0. The molecule has 1 aliphatic carbocycles. The molecule has 1 aliphatic rings. The van der Waals surface area contributed by atoms with Crippen LogP contribution in [-0.4, -0.2) is 28.8 Å². The Morgan fingerprint density at radius 3 is 1.31 bits per heavy atom. The van der Waals surface area contributed by atoms with Crippen molar-refractivity contribution in [3.8, 4) is 0 Å². The van der Waals surface area contributed by atoms with E-state index >= 15 is 0 Å². The predicted molar refractivity (Wildman–Crippen MR) is 137 cm³/mol. The molecule has 2 amide bonds. The number of hydrogen-bond donors (Lipinski definition) is 1. The van der Waals surface area contributed by atoms with Crippen LogP contribution in [-0.2, 0) is 9.59 Å². The second kappa shape index (κ2) is 19.6. The second-order valence-corrected chi connectivity index (χ2v) is 10.2. The third-order valence-electron chi connectivity index (χ3n) is 7.13. The summed E-state index contributed by atoms with van der Waals surface area (Å²) in [6.07, 6.45) is 24.2. The Hall–Kier alpha value is -0.900. The van der Waals surface area contributed by atoms with Gasteiger partial charge in [-0.05, 0) is 38.5 Å². The third kappa shape index (κ3) is 13.6. The first kappa shape index (κ1) is 29.1. The minimum Gasteiger partial charge on any atom is -0.328 e. The molecule has 0 saturated heterocycles. The van der Waals surface area contributed by atoms with Crippen molar-refractivity contribution in [2.24, 2.45) is 5.73 Å². The van der Waals surface area contributed by atoms with Gasteiger partial charge in [0.05, 0.1) is 0 Å². The van der Waals surface area contributed by atoms with Crippen molar-refractivity contribution < 1.29 is 9.59 Å². The highest BCUT2D eigenvalue weighted by Crippen LogP contribution is 2.25. The van der Waals surface area contributed by atoms with E-state index in [-0.39, 0.29) is 23.9 Å². The molecule has 0 aromatic rings. The molecule has 0 atom stereocenters. The van der Waals surface area contributed by atoms with Gasteiger partial charge in [-0.25, -0.2) is 0 Å². The van der Waals surface area contributed by atoms with Gasteiger partial charge in [-0.2, -0.15) is 0 Å². The Kier molecular flexibility index (Phi) is 17.8. The zero-order valence-electron chi connectivity index (χ0n) is 21.6. The van der Waals surface area contributed by atoms with E-state index in [2.05, 4.69) is 13.8 Å². The van der Waals surface area contributed by atoms with Crippen molar-refractivity contribution in [2.45, 2.75) is 167 Å². The third-order valence-corrected chi connectivity index (χ3v) is 7.13. The van der Waals surface area contributed by atoms with Gasteiger partial charge >= 0.3 is 0 Å². The summed E-state index contributed by atoms with van der Waals surface area (Å²) in [5, 5.41) is 0. The number of carbonyl (C=O) groups is 2. The van der Waals surface area contributed by atoms with Gasteiger partial charge in [-0.15, -0.1) is 0 Å². The van der Waals surface area contributed by atoms with Crippen molar-refractivity contribution in [1.29, 1.82) is 0 Å². The molecule has 1 saturated carbocycles. The molecule has 1 fully saturated rings. The lowest BCUT2D eigenvalue weighted by Crippen LogP contribution is -2.47. The first-order valence-corrected chi connectivity index (χ1v) is 14.2. The minimum atomic E-state index is 0.0704. The van der Waals surface area contributed by atoms with Crippen LogP contribution in [0.2, 0.25) is 0 Å². The normalized spacial score (nSPS) is 18.6. The Balaban J connectivity index is 2.36. The van der Waals surface area contributed by atoms with Crippen LogP contribution >= 0.6 is 0 Å². The molecule has 4 heteroatoms. The molecule has 0 unspecified atom stereocenters. The molecular formula is C28H54N2O2. The standard InChI is InChI=1S/C28H54N2O2/c1-3-5-7-9-11-13-15-17-19-27(31)30(26-23-21-25(29)22-24-26)28(32)20-18-16-14-12-10-8-6-4-2/h25-26H,3-24,29H2,1-2H3. The average molecular weight is 451 g/mol. The summed E-state index contributed by atoms with van der Waals surface area (Å²) >= 11 is 0. The first-order chi connectivity index (χ1) is 15.6. The van der Waals surface area contributed by atoms with Crippen molar-refractivity contribution in [2.75, 3.05) is 0 Å². The molecule has 0 spiro atoms. The van der Waals surface area contributed by atoms with Crippen LogP contribution in [0.1, 0.15) is 155 Å². The lowest BCUT2D eigenvalue weighted by atomic mass is 9.90. The van der Waals surface area contributed by atoms with Crippen LogP contribution in [0.25, 0.3) is 0 Å². The number of nitrogens with two attached hydrogens (primary N) is 1. The molecule has 0 radical (unpaired) electrons. The van der Waals surface area contributed by atoms with Crippen molar-refractivity contribution in [3.05, 3.63) is 0 Å². The van der Waals surface area contributed by atoms with Crippen LogP contribution in [0, 0.1) is 0 Å². The predicted octanol–water partition coefficient (Wildman–Crippen LogP) is 7.67. The van der Waals surface area contributed by atoms with E-state index in [9.17, 15) is 9.59 Å². The lowest BCUT2D eigenvalue weighted by molar-refractivity contribution is -0.148. The van der Waals surface area contributed by atoms with Crippen LogP contribution in [0.4, 0.5) is 0 Å². The minimum absolute atomic E-state index is 0.0704. The van der Waals surface area contributed by atoms with E-state index < -0.39 is 0 Å². The molecule has 0 aromatic carbocycles. The van der Waals surface area contributed by atoms with Crippen LogP contribution in [0.5, 0.6) is 0 Å². The molecule has 0 bridgehead atoms. The van der Waals surface area contributed by atoms with E-state index in [0.29, 0.717) is 12.8 Å². The van der Waals surface area contributed by atoms with Crippen molar-refractivity contribution in [1.82, 2.24) is 4.90 Å². The van der Waals surface area contributed by atoms with Gasteiger partial charge in [0.2, 0.25) is 11.8 Å². The summed E-state index contributed by atoms with van der Waals surface area (Å²) in [6, 6.07) is 0.316. The number of carbonyl (C=O) groups excluding carboxylic acids is 2. The Labute approximate surface area is 199 Å². The highest BCUT2D eigenvalue weighted by Gasteiger charge is 2.31. The number of nitrogens with zero attached hydrogens (tertiary/aromatic N) is 1. The molecule has 2 N–H and O–H groups in total. The van der Waals surface area contributed by atoms with Gasteiger partial charge in [-0.3, -0.25) is 14.5 Å². The maximum Gasteiger partial charge on any atom is 0.229 e. The fourth-order valence-corrected chi connectivity index (χ4v) is 4.97. The summed E-state index contributed by atoms with van der Waals surface area (Å²) in [7, 11) is 0. The topological polar surface area (TPSA) is 63.4 Å². The Morgan fingerprint density at radius 1 is 0.594 bits per heavy atom. The molecule has 1 rings (SSSR count). The van der Waals surface area contributed by atoms with E-state index in [0.717, 1.165) is 51.4 Å². The number of amides is 2. The van der Waals surface area contributed by atoms with Crippen LogP contribution < -0.4 is 5.73 Å². The second-order valence-electron chi connectivity index (χ2n) is 10.2. The van der Waals surface area contributed by atoms with Crippen molar-refractivity contribution in [3.63, 3.8) is 0 Å². The van der Waals surface area contributed by atoms with E-state index in [4.69, 9.17) is 5.73 Å². The van der Waals surface area contributed by atoms with Gasteiger partial charge in [0.1, 0.15) is 0 Å². The molecule has 0 heterocycles. The molecule has 4 nitrogen and oxygen atoms in total. The van der Waals surface area contributed by atoms with Crippen molar-refractivity contribution >= 4 is 11.8 Å². The summed E-state index contributed by atoms with van der Waals surface area (Å²) in [5.74, 6) is 0.141. The Morgan fingerprint density at radius 2 is 0.938 bits per heavy atom. The zero-order valence-corrected chi connectivity index (χ0v) is 21.6. The van der Waals surface area contributed by atoms with E-state index in [1.54, 1.807) is 4.90 Å². The summed E-state index contributed by atoms with van der Waals surface area (Å²) in [5.41, 5.74) is 6.08. The zero-order chi connectivity index (χ0) is 23.4. The maximum absolute atomic E-state index is 13.0. The van der Waals surface area contributed by atoms with Gasteiger partial charge in [0.25, 0.3) is 0 Å². The number of imide groups is 1. The summed E-state index contributed by atoms with van der Waals surface area (Å²) in [4.78, 5) is 27.8. The van der Waals surface area contributed by atoms with E-state index in [1.807, 2.05) is 0 Å². The van der Waals surface area contributed by atoms with Gasteiger partial charge in [-0.1, -0.05) is 104 Å². The van der Waals surface area contributed by atoms with Gasteiger partial charge in [0.15, 0.2) is 0 Å². The monoisotopic (exact) mass is 450 g/mol. The molecular weight excluding hydrogens is 396 g/mol. The quantitative estimate of drug-likeness (QED) is 0.205. The largest absolute Gasteiger partial charge is 0.328 e. The maximum atomic E-state index is 13.0. The highest BCUT2D eigenvalue weighted by molar-refractivity contribution is 5.95. The SMILES string of the molecule is CCCCCCCCCCC(=O)N(C(=O)CCCCCCCCCC)C1CCC(N)CC1. The van der Waals surface area contributed by atoms with Crippen LogP contribution in [0.15, 0.2) is 0 Å². The fraction of sp³-hybridized carbons (Fsp3) is 0.929. The Bertz CT molecular complexity index is 440. The fourth-order valence-electron chi connectivity index (χ4n) is 4.97. The lowest BCUT2D eigenvalue weighted by Gasteiger charge is -2.35. The number of rotatable bonds is 19. The van der Waals surface area contributed by atoms with Gasteiger partial charge in [0, 0.05) is 24.9 Å². The molecule has 32 heavy (non-hydrogen) atoms. The first-order valence-electron chi connectivity index (χ1n) is 14.2.